The quantitative estimate of drug-likeness (QED) is 0.593. The molecule has 1 spiro atoms. The van der Waals surface area contributed by atoms with E-state index in [1.54, 1.807) is 6.07 Å². The lowest BCUT2D eigenvalue weighted by Gasteiger charge is -2.43. The summed E-state index contributed by atoms with van der Waals surface area (Å²) in [6.07, 6.45) is 2.22. The first-order valence-electron chi connectivity index (χ1n) is 9.20. The molecule has 2 aromatic rings. The minimum absolute atomic E-state index is 0.0597. The van der Waals surface area contributed by atoms with Gasteiger partial charge in [0.15, 0.2) is 0 Å². The topological polar surface area (TPSA) is 62.3 Å². The van der Waals surface area contributed by atoms with Crippen molar-refractivity contribution in [3.63, 3.8) is 0 Å². The van der Waals surface area contributed by atoms with Crippen LogP contribution in [-0.2, 0) is 10.2 Å². The van der Waals surface area contributed by atoms with Gasteiger partial charge in [0.2, 0.25) is 5.95 Å². The second-order valence-electron chi connectivity index (χ2n) is 8.53. The van der Waals surface area contributed by atoms with Gasteiger partial charge in [0.25, 0.3) is 5.91 Å². The molecule has 1 N–H and O–H groups in total. The Hall–Kier alpha value is -2.47. The van der Waals surface area contributed by atoms with Crippen LogP contribution >= 0.6 is 11.6 Å². The zero-order valence-corrected chi connectivity index (χ0v) is 16.7. The maximum atomic E-state index is 14.6. The molecule has 2 heterocycles. The van der Waals surface area contributed by atoms with Gasteiger partial charge in [0.05, 0.1) is 0 Å². The molecule has 146 valence electrons. The number of urea groups is 1. The number of pyridine rings is 1. The Morgan fingerprint density at radius 3 is 2.54 bits per heavy atom. The molecule has 0 bridgehead atoms. The SMILES string of the molecule is CC(C)(C)c1ccnc(F)c1N1C(=O)NC2(CC(c3ccccc3Cl)C2)C1=O. The molecule has 7 heteroatoms. The Labute approximate surface area is 167 Å². The fourth-order valence-electron chi connectivity index (χ4n) is 4.15. The number of nitrogens with one attached hydrogen (secondary N) is 1. The van der Waals surface area contributed by atoms with Gasteiger partial charge in [-0.25, -0.2) is 14.7 Å². The van der Waals surface area contributed by atoms with Gasteiger partial charge >= 0.3 is 6.03 Å². The average molecular weight is 402 g/mol. The number of rotatable bonds is 2. The third-order valence-electron chi connectivity index (χ3n) is 5.61. The zero-order valence-electron chi connectivity index (χ0n) is 15.9. The first-order valence-corrected chi connectivity index (χ1v) is 9.58. The van der Waals surface area contributed by atoms with E-state index in [1.165, 1.54) is 6.20 Å². The van der Waals surface area contributed by atoms with Crippen LogP contribution in [0.5, 0.6) is 0 Å². The first kappa shape index (κ1) is 18.9. The van der Waals surface area contributed by atoms with E-state index in [0.717, 1.165) is 10.5 Å². The van der Waals surface area contributed by atoms with Crippen LogP contribution in [0.4, 0.5) is 14.9 Å². The third-order valence-corrected chi connectivity index (χ3v) is 5.95. The van der Waals surface area contributed by atoms with Crippen molar-refractivity contribution < 1.29 is 14.0 Å². The van der Waals surface area contributed by atoms with E-state index in [0.29, 0.717) is 23.4 Å². The normalized spacial score (nSPS) is 24.5. The summed E-state index contributed by atoms with van der Waals surface area (Å²) in [6.45, 7) is 5.70. The van der Waals surface area contributed by atoms with Crippen LogP contribution in [0.25, 0.3) is 0 Å². The lowest BCUT2D eigenvalue weighted by atomic mass is 9.65. The number of benzene rings is 1. The standard InChI is InChI=1S/C21H21ClFN3O2/c1-20(2,3)14-8-9-24-17(23)16(14)26-18(27)21(25-19(26)28)10-12(11-21)13-6-4-5-7-15(13)22/h4-9,12H,10-11H2,1-3H3,(H,25,28). The molecular formula is C21H21ClFN3O2. The molecule has 1 aliphatic carbocycles. The van der Waals surface area contributed by atoms with Crippen LogP contribution in [0.3, 0.4) is 0 Å². The summed E-state index contributed by atoms with van der Waals surface area (Å²) < 4.78 is 14.6. The maximum Gasteiger partial charge on any atom is 0.329 e. The third kappa shape index (κ3) is 2.78. The molecule has 1 aromatic heterocycles. The van der Waals surface area contributed by atoms with Gasteiger partial charge in [-0.05, 0) is 47.4 Å². The van der Waals surface area contributed by atoms with Gasteiger partial charge in [-0.3, -0.25) is 4.79 Å². The van der Waals surface area contributed by atoms with Gasteiger partial charge in [-0.15, -0.1) is 0 Å². The predicted molar refractivity (Wildman–Crippen MR) is 105 cm³/mol. The number of aromatic nitrogens is 1. The van der Waals surface area contributed by atoms with Crippen LogP contribution in [0.2, 0.25) is 5.02 Å². The summed E-state index contributed by atoms with van der Waals surface area (Å²) >= 11 is 6.27. The molecule has 28 heavy (non-hydrogen) atoms. The van der Waals surface area contributed by atoms with Crippen LogP contribution in [-0.4, -0.2) is 22.5 Å². The number of carbonyl (C=O) groups excluding carboxylic acids is 2. The van der Waals surface area contributed by atoms with Crippen molar-refractivity contribution in [1.29, 1.82) is 0 Å². The van der Waals surface area contributed by atoms with E-state index in [1.807, 2.05) is 45.0 Å². The summed E-state index contributed by atoms with van der Waals surface area (Å²) in [5, 5.41) is 3.43. The number of nitrogens with zero attached hydrogens (tertiary/aromatic N) is 2. The fourth-order valence-corrected chi connectivity index (χ4v) is 4.44. The monoisotopic (exact) mass is 401 g/mol. The molecule has 1 aromatic carbocycles. The zero-order chi connectivity index (χ0) is 20.3. The minimum atomic E-state index is -1.02. The summed E-state index contributed by atoms with van der Waals surface area (Å²) in [5.41, 5.74) is -0.0237. The number of hydrogen-bond donors (Lipinski definition) is 1. The summed E-state index contributed by atoms with van der Waals surface area (Å²) in [5.74, 6) is -1.19. The second-order valence-corrected chi connectivity index (χ2v) is 8.93. The molecule has 1 aliphatic heterocycles. The van der Waals surface area contributed by atoms with Crippen molar-refractivity contribution in [3.8, 4) is 0 Å². The van der Waals surface area contributed by atoms with Crippen molar-refractivity contribution in [1.82, 2.24) is 10.3 Å². The van der Waals surface area contributed by atoms with Crippen molar-refractivity contribution in [2.24, 2.45) is 0 Å². The molecule has 3 amide bonds. The molecule has 0 radical (unpaired) electrons. The number of hydrogen-bond acceptors (Lipinski definition) is 3. The van der Waals surface area contributed by atoms with Gasteiger partial charge in [0.1, 0.15) is 11.2 Å². The van der Waals surface area contributed by atoms with Crippen molar-refractivity contribution in [2.45, 2.75) is 50.5 Å². The van der Waals surface area contributed by atoms with Gasteiger partial charge in [-0.2, -0.15) is 4.39 Å². The molecule has 2 aliphatic rings. The molecule has 5 nitrogen and oxygen atoms in total. The van der Waals surface area contributed by atoms with E-state index in [4.69, 9.17) is 11.6 Å². The molecule has 0 atom stereocenters. The highest BCUT2D eigenvalue weighted by Gasteiger charge is 2.60. The number of carbonyl (C=O) groups is 2. The lowest BCUT2D eigenvalue weighted by molar-refractivity contribution is -0.125. The van der Waals surface area contributed by atoms with E-state index in [-0.39, 0.29) is 11.6 Å². The highest BCUT2D eigenvalue weighted by molar-refractivity contribution is 6.31. The number of halogens is 2. The number of amides is 3. The summed E-state index contributed by atoms with van der Waals surface area (Å²) in [4.78, 5) is 30.5. The Morgan fingerprint density at radius 2 is 1.89 bits per heavy atom. The Morgan fingerprint density at radius 1 is 1.21 bits per heavy atom. The Bertz CT molecular complexity index is 980. The summed E-state index contributed by atoms with van der Waals surface area (Å²) in [6, 6.07) is 8.52. The molecule has 1 saturated heterocycles. The van der Waals surface area contributed by atoms with E-state index >= 15 is 0 Å². The lowest BCUT2D eigenvalue weighted by Crippen LogP contribution is -2.56. The maximum absolute atomic E-state index is 14.6. The highest BCUT2D eigenvalue weighted by atomic mass is 35.5. The smallest absolute Gasteiger partial charge is 0.323 e. The van der Waals surface area contributed by atoms with Gasteiger partial charge < -0.3 is 5.32 Å². The highest BCUT2D eigenvalue weighted by Crippen LogP contribution is 2.50. The molecule has 4 rings (SSSR count). The van der Waals surface area contributed by atoms with Gasteiger partial charge in [-0.1, -0.05) is 50.6 Å². The second kappa shape index (κ2) is 6.27. The van der Waals surface area contributed by atoms with Crippen LogP contribution < -0.4 is 10.2 Å². The number of anilines is 1. The van der Waals surface area contributed by atoms with Crippen molar-refractivity contribution in [3.05, 3.63) is 58.6 Å². The predicted octanol–water partition coefficient (Wildman–Crippen LogP) is 4.54. The van der Waals surface area contributed by atoms with Crippen molar-refractivity contribution in [2.75, 3.05) is 4.90 Å². The molecule has 2 fully saturated rings. The van der Waals surface area contributed by atoms with E-state index < -0.39 is 28.8 Å². The van der Waals surface area contributed by atoms with Crippen LogP contribution in [0.15, 0.2) is 36.5 Å². The van der Waals surface area contributed by atoms with E-state index in [9.17, 15) is 14.0 Å². The number of imide groups is 1. The molecular weight excluding hydrogens is 381 g/mol. The molecule has 0 unspecified atom stereocenters. The summed E-state index contributed by atoms with van der Waals surface area (Å²) in [7, 11) is 0. The van der Waals surface area contributed by atoms with Crippen LogP contribution in [0.1, 0.15) is 50.7 Å². The fraction of sp³-hybridized carbons (Fsp3) is 0.381. The first-order chi connectivity index (χ1) is 13.1. The largest absolute Gasteiger partial charge is 0.329 e. The van der Waals surface area contributed by atoms with Crippen LogP contribution in [0, 0.1) is 5.95 Å². The Balaban J connectivity index is 1.67. The van der Waals surface area contributed by atoms with Gasteiger partial charge in [0, 0.05) is 11.2 Å². The average Bonchev–Trinajstić information content (AvgIpc) is 2.84. The van der Waals surface area contributed by atoms with Crippen molar-refractivity contribution >= 4 is 29.2 Å². The Kier molecular flexibility index (Phi) is 4.23. The van der Waals surface area contributed by atoms with E-state index in [2.05, 4.69) is 10.3 Å². The molecule has 1 saturated carbocycles. The minimum Gasteiger partial charge on any atom is -0.323 e.